The molecule has 3 aliphatic rings. The molecule has 2 aromatic carbocycles. The van der Waals surface area contributed by atoms with Gasteiger partial charge in [-0.1, -0.05) is 55.7 Å². The lowest BCUT2D eigenvalue weighted by molar-refractivity contribution is -0.384. The predicted molar refractivity (Wildman–Crippen MR) is 176 cm³/mol. The number of amides is 1. The monoisotopic (exact) mass is 632 g/mol. The molecule has 10 nitrogen and oxygen atoms in total. The van der Waals surface area contributed by atoms with Gasteiger partial charge in [0.25, 0.3) is 5.69 Å². The van der Waals surface area contributed by atoms with Gasteiger partial charge in [0.1, 0.15) is 12.6 Å². The molecule has 248 valence electrons. The second-order valence-corrected chi connectivity index (χ2v) is 13.3. The Morgan fingerprint density at radius 2 is 1.74 bits per heavy atom. The van der Waals surface area contributed by atoms with Crippen LogP contribution in [0.2, 0.25) is 0 Å². The van der Waals surface area contributed by atoms with Crippen LogP contribution in [0, 0.1) is 22.0 Å². The quantitative estimate of drug-likeness (QED) is 0.148. The van der Waals surface area contributed by atoms with Gasteiger partial charge < -0.3 is 25.0 Å². The summed E-state index contributed by atoms with van der Waals surface area (Å²) < 4.78 is 5.60. The fourth-order valence-electron chi connectivity index (χ4n) is 7.90. The summed E-state index contributed by atoms with van der Waals surface area (Å²) in [6.45, 7) is 6.95. The number of rotatable bonds is 13. The van der Waals surface area contributed by atoms with E-state index in [9.17, 15) is 24.8 Å². The minimum Gasteiger partial charge on any atom is -0.480 e. The second-order valence-electron chi connectivity index (χ2n) is 13.3. The Morgan fingerprint density at radius 3 is 2.37 bits per heavy atom. The molecule has 10 heteroatoms. The zero-order valence-corrected chi connectivity index (χ0v) is 26.7. The standard InChI is InChI=1S/C36H48N4O6/c1-2-19-39(36(43)46-25-26-13-15-32(16-14-26)40(44)45)31-17-20-38(21-18-31)24-29-22-30(23-33(29)27-9-5-3-6-10-27)37-34(35(41)42)28-11-7-4-8-12-28/h2-3,5-6,9-10,13-16,28-31,33-34,37H,1,4,7-8,11-12,17-25H2,(H,41,42). The van der Waals surface area contributed by atoms with Crippen molar-refractivity contribution in [2.24, 2.45) is 11.8 Å². The highest BCUT2D eigenvalue weighted by atomic mass is 16.6. The number of hydrogen-bond acceptors (Lipinski definition) is 7. The van der Waals surface area contributed by atoms with Gasteiger partial charge in [-0.15, -0.1) is 6.58 Å². The molecule has 1 aliphatic heterocycles. The molecular weight excluding hydrogens is 584 g/mol. The number of non-ortho nitro benzene ring substituents is 1. The summed E-state index contributed by atoms with van der Waals surface area (Å²) in [6, 6.07) is 16.4. The number of carbonyl (C=O) groups excluding carboxylic acids is 1. The molecule has 2 N–H and O–H groups in total. The predicted octanol–water partition coefficient (Wildman–Crippen LogP) is 6.37. The number of nitrogens with one attached hydrogen (secondary N) is 1. The molecular formula is C36H48N4O6. The molecule has 4 unspecified atom stereocenters. The van der Waals surface area contributed by atoms with Gasteiger partial charge in [0.05, 0.1) is 4.92 Å². The van der Waals surface area contributed by atoms with Crippen molar-refractivity contribution >= 4 is 17.7 Å². The van der Waals surface area contributed by atoms with Gasteiger partial charge >= 0.3 is 12.1 Å². The lowest BCUT2D eigenvalue weighted by Crippen LogP contribution is -2.49. The molecule has 2 saturated carbocycles. The zero-order valence-electron chi connectivity index (χ0n) is 26.7. The first-order valence-electron chi connectivity index (χ1n) is 16.9. The largest absolute Gasteiger partial charge is 0.480 e. The fourth-order valence-corrected chi connectivity index (χ4v) is 7.90. The van der Waals surface area contributed by atoms with Crippen LogP contribution in [0.3, 0.4) is 0 Å². The number of aliphatic carboxylic acids is 1. The van der Waals surface area contributed by atoms with Crippen molar-refractivity contribution in [2.45, 2.75) is 88.4 Å². The van der Waals surface area contributed by atoms with Gasteiger partial charge in [-0.3, -0.25) is 14.9 Å². The lowest BCUT2D eigenvalue weighted by atomic mass is 9.83. The SMILES string of the molecule is C=CCN(C(=O)OCc1ccc([N+](=O)[O-])cc1)C1CCN(CC2CC(NC(C(=O)O)C3CCCCC3)CC2c2ccccc2)CC1. The fraction of sp³-hybridized carbons (Fsp3) is 0.556. The molecule has 0 bridgehead atoms. The Balaban J connectivity index is 1.17. The Hall–Kier alpha value is -3.76. The molecule has 0 radical (unpaired) electrons. The van der Waals surface area contributed by atoms with E-state index in [1.165, 1.54) is 24.1 Å². The average molecular weight is 633 g/mol. The third-order valence-electron chi connectivity index (χ3n) is 10.3. The molecule has 46 heavy (non-hydrogen) atoms. The number of likely N-dealkylation sites (tertiary alicyclic amines) is 1. The molecule has 1 heterocycles. The number of piperidine rings is 1. The van der Waals surface area contributed by atoms with E-state index in [0.29, 0.717) is 23.9 Å². The smallest absolute Gasteiger partial charge is 0.410 e. The molecule has 0 aromatic heterocycles. The minimum absolute atomic E-state index is 0.00139. The summed E-state index contributed by atoms with van der Waals surface area (Å²) in [6.07, 6.45) is 10.3. The van der Waals surface area contributed by atoms with E-state index in [2.05, 4.69) is 41.1 Å². The van der Waals surface area contributed by atoms with Crippen LogP contribution in [0.25, 0.3) is 0 Å². The van der Waals surface area contributed by atoms with Gasteiger partial charge in [0, 0.05) is 50.4 Å². The average Bonchev–Trinajstić information content (AvgIpc) is 3.48. The highest BCUT2D eigenvalue weighted by Crippen LogP contribution is 2.41. The highest BCUT2D eigenvalue weighted by Gasteiger charge is 2.40. The van der Waals surface area contributed by atoms with Crippen LogP contribution in [-0.4, -0.2) is 76.2 Å². The maximum Gasteiger partial charge on any atom is 0.410 e. The molecule has 4 atom stereocenters. The van der Waals surface area contributed by atoms with E-state index in [-0.39, 0.29) is 30.3 Å². The van der Waals surface area contributed by atoms with Gasteiger partial charge in [-0.25, -0.2) is 4.79 Å². The lowest BCUT2D eigenvalue weighted by Gasteiger charge is -2.39. The van der Waals surface area contributed by atoms with Crippen LogP contribution >= 0.6 is 0 Å². The number of hydrogen-bond donors (Lipinski definition) is 2. The maximum atomic E-state index is 13.1. The second kappa shape index (κ2) is 16.2. The van der Waals surface area contributed by atoms with Crippen LogP contribution in [0.4, 0.5) is 10.5 Å². The third-order valence-corrected chi connectivity index (χ3v) is 10.3. The molecule has 2 aromatic rings. The van der Waals surface area contributed by atoms with E-state index >= 15 is 0 Å². The van der Waals surface area contributed by atoms with Crippen LogP contribution in [0.1, 0.15) is 74.8 Å². The summed E-state index contributed by atoms with van der Waals surface area (Å²) in [4.78, 5) is 40.2. The normalized spacial score (nSPS) is 23.4. The number of nitro benzene ring substituents is 1. The van der Waals surface area contributed by atoms with E-state index in [1.807, 2.05) is 6.07 Å². The Morgan fingerprint density at radius 1 is 1.04 bits per heavy atom. The number of carboxylic acid groups (broad SMARTS) is 1. The van der Waals surface area contributed by atoms with Crippen LogP contribution < -0.4 is 5.32 Å². The highest BCUT2D eigenvalue weighted by molar-refractivity contribution is 5.74. The van der Waals surface area contributed by atoms with Crippen molar-refractivity contribution in [2.75, 3.05) is 26.2 Å². The van der Waals surface area contributed by atoms with Crippen molar-refractivity contribution in [1.29, 1.82) is 0 Å². The number of ether oxygens (including phenoxy) is 1. The van der Waals surface area contributed by atoms with Crippen molar-refractivity contribution in [3.8, 4) is 0 Å². The van der Waals surface area contributed by atoms with Gasteiger partial charge in [0.15, 0.2) is 0 Å². The van der Waals surface area contributed by atoms with Crippen molar-refractivity contribution in [1.82, 2.24) is 15.1 Å². The summed E-state index contributed by atoms with van der Waals surface area (Å²) >= 11 is 0. The van der Waals surface area contributed by atoms with Gasteiger partial charge in [0.2, 0.25) is 0 Å². The first-order valence-corrected chi connectivity index (χ1v) is 16.9. The van der Waals surface area contributed by atoms with Gasteiger partial charge in [-0.2, -0.15) is 0 Å². The topological polar surface area (TPSA) is 125 Å². The Labute approximate surface area is 271 Å². The molecule has 0 spiro atoms. The number of nitrogens with zero attached hydrogens (tertiary/aromatic N) is 3. The molecule has 1 amide bonds. The number of nitro groups is 1. The van der Waals surface area contributed by atoms with E-state index in [0.717, 1.165) is 71.0 Å². The number of carbonyl (C=O) groups is 2. The summed E-state index contributed by atoms with van der Waals surface area (Å²) in [5.41, 5.74) is 2.01. The first-order chi connectivity index (χ1) is 22.3. The number of carboxylic acids is 1. The van der Waals surface area contributed by atoms with Gasteiger partial charge in [-0.05, 0) is 79.5 Å². The van der Waals surface area contributed by atoms with Crippen molar-refractivity contribution < 1.29 is 24.4 Å². The molecule has 2 aliphatic carbocycles. The molecule has 5 rings (SSSR count). The summed E-state index contributed by atoms with van der Waals surface area (Å²) in [5.74, 6) is 0.264. The Kier molecular flexibility index (Phi) is 11.8. The molecule has 1 saturated heterocycles. The minimum atomic E-state index is -0.718. The maximum absolute atomic E-state index is 13.1. The number of benzene rings is 2. The summed E-state index contributed by atoms with van der Waals surface area (Å²) in [7, 11) is 0. The van der Waals surface area contributed by atoms with E-state index < -0.39 is 23.0 Å². The summed E-state index contributed by atoms with van der Waals surface area (Å²) in [5, 5.41) is 24.7. The zero-order chi connectivity index (χ0) is 32.5. The Bertz CT molecular complexity index is 1310. The van der Waals surface area contributed by atoms with E-state index in [4.69, 9.17) is 4.74 Å². The van der Waals surface area contributed by atoms with E-state index in [1.54, 1.807) is 23.1 Å². The van der Waals surface area contributed by atoms with Crippen molar-refractivity contribution in [3.05, 3.63) is 88.5 Å². The molecule has 3 fully saturated rings. The van der Waals surface area contributed by atoms with Crippen molar-refractivity contribution in [3.63, 3.8) is 0 Å². The first kappa shape index (κ1) is 33.6. The van der Waals surface area contributed by atoms with Crippen LogP contribution in [-0.2, 0) is 16.1 Å². The van der Waals surface area contributed by atoms with Crippen LogP contribution in [0.5, 0.6) is 0 Å². The third kappa shape index (κ3) is 8.73. The van der Waals surface area contributed by atoms with Crippen LogP contribution in [0.15, 0.2) is 67.3 Å².